The number of benzene rings is 1. The fourth-order valence-electron chi connectivity index (χ4n) is 3.16. The molecule has 126 valence electrons. The van der Waals surface area contributed by atoms with E-state index >= 15 is 0 Å². The molecule has 1 heterocycles. The third-order valence-electron chi connectivity index (χ3n) is 4.43. The maximum absolute atomic E-state index is 12.4. The number of carbonyl (C=O) groups is 2. The van der Waals surface area contributed by atoms with Crippen molar-refractivity contribution in [1.29, 1.82) is 0 Å². The maximum atomic E-state index is 12.4. The molecule has 1 fully saturated rings. The molecule has 2 N–H and O–H groups in total. The molecule has 2 rings (SSSR count). The van der Waals surface area contributed by atoms with E-state index in [1.54, 1.807) is 0 Å². The lowest BCUT2D eigenvalue weighted by molar-refractivity contribution is -0.167. The van der Waals surface area contributed by atoms with Crippen LogP contribution in [0.25, 0.3) is 0 Å². The molecule has 23 heavy (non-hydrogen) atoms. The quantitative estimate of drug-likeness (QED) is 0.843. The van der Waals surface area contributed by atoms with E-state index in [2.05, 4.69) is 13.8 Å². The van der Waals surface area contributed by atoms with Gasteiger partial charge in [0.1, 0.15) is 12.1 Å². The first kappa shape index (κ1) is 17.5. The fourth-order valence-corrected chi connectivity index (χ4v) is 3.16. The van der Waals surface area contributed by atoms with Gasteiger partial charge in [0.05, 0.1) is 5.92 Å². The van der Waals surface area contributed by atoms with Crippen molar-refractivity contribution in [3.63, 3.8) is 0 Å². The van der Waals surface area contributed by atoms with E-state index in [0.29, 0.717) is 19.0 Å². The number of hydrogen-bond acceptors (Lipinski definition) is 4. The minimum atomic E-state index is -0.698. The van der Waals surface area contributed by atoms with Gasteiger partial charge in [-0.25, -0.2) is 0 Å². The molecule has 0 aliphatic carbocycles. The summed E-state index contributed by atoms with van der Waals surface area (Å²) in [6.45, 7) is 9.32. The van der Waals surface area contributed by atoms with Crippen LogP contribution in [0.1, 0.15) is 50.7 Å². The van der Waals surface area contributed by atoms with Gasteiger partial charge in [-0.2, -0.15) is 0 Å². The van der Waals surface area contributed by atoms with Crippen LogP contribution in [-0.4, -0.2) is 42.0 Å². The summed E-state index contributed by atoms with van der Waals surface area (Å²) < 4.78 is 5.36. The minimum absolute atomic E-state index is 0.171. The lowest BCUT2D eigenvalue weighted by Crippen LogP contribution is -2.56. The molecule has 0 saturated carbocycles. The first-order chi connectivity index (χ1) is 10.8. The number of nitrogens with two attached hydrogens (primary N) is 1. The van der Waals surface area contributed by atoms with Gasteiger partial charge in [0.25, 0.3) is 0 Å². The highest BCUT2D eigenvalue weighted by atomic mass is 16.5. The number of rotatable bonds is 5. The summed E-state index contributed by atoms with van der Waals surface area (Å²) in [6, 6.07) is 7.11. The molecular formula is C18H26N2O3. The van der Waals surface area contributed by atoms with Crippen molar-refractivity contribution in [2.24, 2.45) is 5.73 Å². The molecule has 3 atom stereocenters. The summed E-state index contributed by atoms with van der Waals surface area (Å²) in [6.07, 6.45) is -0.171. The van der Waals surface area contributed by atoms with E-state index in [1.165, 1.54) is 5.56 Å². The Kier molecular flexibility index (Phi) is 5.42. The van der Waals surface area contributed by atoms with Gasteiger partial charge in [-0.15, -0.1) is 0 Å². The van der Waals surface area contributed by atoms with E-state index in [-0.39, 0.29) is 12.1 Å². The molecule has 1 aliphatic heterocycles. The summed E-state index contributed by atoms with van der Waals surface area (Å²) in [5.41, 5.74) is 7.58. The molecular weight excluding hydrogens is 292 g/mol. The number of hydrogen-bond donors (Lipinski definition) is 1. The summed E-state index contributed by atoms with van der Waals surface area (Å²) in [5.74, 6) is -1.17. The Bertz CT molecular complexity index is 568. The van der Waals surface area contributed by atoms with Gasteiger partial charge >= 0.3 is 5.97 Å². The van der Waals surface area contributed by atoms with E-state index < -0.39 is 17.9 Å². The molecule has 1 aromatic rings. The zero-order valence-electron chi connectivity index (χ0n) is 14.3. The van der Waals surface area contributed by atoms with Crippen LogP contribution in [0, 0.1) is 0 Å². The maximum Gasteiger partial charge on any atom is 0.324 e. The van der Waals surface area contributed by atoms with Crippen molar-refractivity contribution < 1.29 is 14.3 Å². The predicted octanol–water partition coefficient (Wildman–Crippen LogP) is 2.01. The van der Waals surface area contributed by atoms with Crippen molar-refractivity contribution in [1.82, 2.24) is 4.90 Å². The Balaban J connectivity index is 2.36. The fraction of sp³-hybridized carbons (Fsp3) is 0.556. The molecule has 0 aromatic heterocycles. The van der Waals surface area contributed by atoms with E-state index in [0.717, 1.165) is 5.56 Å². The second-order valence-corrected chi connectivity index (χ2v) is 6.48. The Morgan fingerprint density at radius 2 is 1.87 bits per heavy atom. The van der Waals surface area contributed by atoms with Gasteiger partial charge in [0, 0.05) is 6.54 Å². The van der Waals surface area contributed by atoms with E-state index in [9.17, 15) is 9.59 Å². The molecule has 1 aliphatic rings. The molecule has 5 nitrogen and oxygen atoms in total. The monoisotopic (exact) mass is 318 g/mol. The molecule has 0 radical (unpaired) electrons. The van der Waals surface area contributed by atoms with Gasteiger partial charge in [-0.05, 0) is 30.5 Å². The van der Waals surface area contributed by atoms with Gasteiger partial charge in [0.15, 0.2) is 0 Å². The third kappa shape index (κ3) is 3.72. The van der Waals surface area contributed by atoms with Crippen LogP contribution >= 0.6 is 0 Å². The van der Waals surface area contributed by atoms with Gasteiger partial charge in [-0.1, -0.05) is 45.0 Å². The number of morpholine rings is 1. The van der Waals surface area contributed by atoms with Gasteiger partial charge < -0.3 is 10.5 Å². The number of carbonyl (C=O) groups excluding carboxylic acids is 2. The summed E-state index contributed by atoms with van der Waals surface area (Å²) in [5, 5.41) is 0. The molecule has 5 heteroatoms. The largest absolute Gasteiger partial charge is 0.460 e. The van der Waals surface area contributed by atoms with Crippen LogP contribution in [0.15, 0.2) is 24.3 Å². The summed E-state index contributed by atoms with van der Waals surface area (Å²) in [7, 11) is 0. The highest BCUT2D eigenvalue weighted by Gasteiger charge is 2.42. The highest BCUT2D eigenvalue weighted by molar-refractivity contribution is 5.91. The molecule has 1 saturated heterocycles. The average molecular weight is 318 g/mol. The number of ether oxygens (including phenoxy) is 1. The second-order valence-electron chi connectivity index (χ2n) is 6.48. The van der Waals surface area contributed by atoms with E-state index in [1.807, 2.05) is 43.0 Å². The SMILES string of the molecule is CCN1C[C@@H](C)OC(=O)C1C(C(N)=O)c1ccc(C(C)C)cc1. The first-order valence-electron chi connectivity index (χ1n) is 8.18. The van der Waals surface area contributed by atoms with Crippen LogP contribution in [0.5, 0.6) is 0 Å². The van der Waals surface area contributed by atoms with Crippen LogP contribution in [0.4, 0.5) is 0 Å². The zero-order valence-corrected chi connectivity index (χ0v) is 14.3. The smallest absolute Gasteiger partial charge is 0.324 e. The molecule has 2 unspecified atom stereocenters. The Hall–Kier alpha value is -1.88. The molecule has 1 amide bonds. The third-order valence-corrected chi connectivity index (χ3v) is 4.43. The minimum Gasteiger partial charge on any atom is -0.460 e. The number of likely N-dealkylation sites (N-methyl/N-ethyl adjacent to an activating group) is 1. The Morgan fingerprint density at radius 3 is 2.35 bits per heavy atom. The van der Waals surface area contributed by atoms with Crippen molar-refractivity contribution in [3.8, 4) is 0 Å². The zero-order chi connectivity index (χ0) is 17.1. The molecule has 1 aromatic carbocycles. The lowest BCUT2D eigenvalue weighted by atomic mass is 9.87. The number of nitrogens with zero attached hydrogens (tertiary/aromatic N) is 1. The van der Waals surface area contributed by atoms with Crippen LogP contribution in [0.3, 0.4) is 0 Å². The molecule has 0 bridgehead atoms. The predicted molar refractivity (Wildman–Crippen MR) is 89.1 cm³/mol. The second kappa shape index (κ2) is 7.13. The van der Waals surface area contributed by atoms with E-state index in [4.69, 9.17) is 10.5 Å². The van der Waals surface area contributed by atoms with Gasteiger partial charge in [0.2, 0.25) is 5.91 Å². The first-order valence-corrected chi connectivity index (χ1v) is 8.18. The topological polar surface area (TPSA) is 72.6 Å². The Labute approximate surface area is 137 Å². The van der Waals surface area contributed by atoms with Crippen LogP contribution in [-0.2, 0) is 14.3 Å². The van der Waals surface area contributed by atoms with Crippen molar-refractivity contribution in [3.05, 3.63) is 35.4 Å². The molecule has 0 spiro atoms. The van der Waals surface area contributed by atoms with Crippen molar-refractivity contribution >= 4 is 11.9 Å². The Morgan fingerprint density at radius 1 is 1.30 bits per heavy atom. The average Bonchev–Trinajstić information content (AvgIpc) is 2.49. The highest BCUT2D eigenvalue weighted by Crippen LogP contribution is 2.29. The number of amides is 1. The normalized spacial score (nSPS) is 23.6. The number of cyclic esters (lactones) is 1. The standard InChI is InChI=1S/C18H26N2O3/c1-5-20-10-12(4)23-18(22)16(20)15(17(19)21)14-8-6-13(7-9-14)11(2)3/h6-9,11-12,15-16H,5,10H2,1-4H3,(H2,19,21)/t12-,15?,16?/m1/s1. The lowest BCUT2D eigenvalue weighted by Gasteiger charge is -2.39. The van der Waals surface area contributed by atoms with Crippen molar-refractivity contribution in [2.45, 2.75) is 51.7 Å². The van der Waals surface area contributed by atoms with Crippen LogP contribution in [0.2, 0.25) is 0 Å². The van der Waals surface area contributed by atoms with Crippen molar-refractivity contribution in [2.75, 3.05) is 13.1 Å². The van der Waals surface area contributed by atoms with Gasteiger partial charge in [-0.3, -0.25) is 14.5 Å². The summed E-state index contributed by atoms with van der Waals surface area (Å²) >= 11 is 0. The summed E-state index contributed by atoms with van der Waals surface area (Å²) in [4.78, 5) is 26.5. The van der Waals surface area contributed by atoms with Crippen LogP contribution < -0.4 is 5.73 Å². The number of esters is 1. The number of primary amides is 1.